The van der Waals surface area contributed by atoms with E-state index in [-0.39, 0.29) is 5.56 Å². The standard InChI is InChI=1S/C22H18N4OS/c1-3-11-28-22-24-20(17(13-23)21(27)25-22)14-9-10-19-16(12-14)15-7-5-6-8-18(15)26(19)4-2/h3,5-10,12H,1,4,11H2,2H3,(H,24,25,27). The fourth-order valence-corrected chi connectivity index (χ4v) is 4.11. The second-order valence-corrected chi connectivity index (χ2v) is 7.31. The van der Waals surface area contributed by atoms with Crippen LogP contribution in [0.2, 0.25) is 0 Å². The van der Waals surface area contributed by atoms with Gasteiger partial charge in [0.15, 0.2) is 5.16 Å². The van der Waals surface area contributed by atoms with Gasteiger partial charge < -0.3 is 9.55 Å². The van der Waals surface area contributed by atoms with Crippen molar-refractivity contribution in [2.24, 2.45) is 0 Å². The van der Waals surface area contributed by atoms with Gasteiger partial charge in [0.25, 0.3) is 5.56 Å². The molecule has 0 bridgehead atoms. The summed E-state index contributed by atoms with van der Waals surface area (Å²) in [5.74, 6) is 0.622. The van der Waals surface area contributed by atoms with Gasteiger partial charge in [-0.1, -0.05) is 42.1 Å². The molecule has 2 aromatic heterocycles. The van der Waals surface area contributed by atoms with Crippen LogP contribution in [-0.2, 0) is 6.54 Å². The summed E-state index contributed by atoms with van der Waals surface area (Å²) in [6, 6.07) is 16.2. The first-order chi connectivity index (χ1) is 13.7. The molecule has 0 amide bonds. The van der Waals surface area contributed by atoms with Gasteiger partial charge in [-0.15, -0.1) is 6.58 Å². The van der Waals surface area contributed by atoms with Crippen molar-refractivity contribution in [2.75, 3.05) is 5.75 Å². The maximum atomic E-state index is 12.4. The van der Waals surface area contributed by atoms with Crippen LogP contribution in [0.1, 0.15) is 12.5 Å². The van der Waals surface area contributed by atoms with Crippen molar-refractivity contribution in [1.82, 2.24) is 14.5 Å². The Balaban J connectivity index is 1.98. The number of para-hydroxylation sites is 1. The van der Waals surface area contributed by atoms with Crippen LogP contribution in [0.4, 0.5) is 0 Å². The number of hydrogen-bond acceptors (Lipinski definition) is 4. The minimum absolute atomic E-state index is 0.0292. The topological polar surface area (TPSA) is 74.5 Å². The van der Waals surface area contributed by atoms with Crippen LogP contribution >= 0.6 is 11.8 Å². The number of benzene rings is 2. The first-order valence-electron chi connectivity index (χ1n) is 8.97. The molecule has 5 nitrogen and oxygen atoms in total. The van der Waals surface area contributed by atoms with E-state index in [2.05, 4.69) is 40.2 Å². The average Bonchev–Trinajstić information content (AvgIpc) is 3.04. The van der Waals surface area contributed by atoms with Crippen molar-refractivity contribution in [3.63, 3.8) is 0 Å². The third-order valence-electron chi connectivity index (χ3n) is 4.71. The molecule has 4 aromatic rings. The van der Waals surface area contributed by atoms with E-state index in [0.29, 0.717) is 16.6 Å². The predicted molar refractivity (Wildman–Crippen MR) is 115 cm³/mol. The number of nitrogens with one attached hydrogen (secondary N) is 1. The molecule has 0 aliphatic carbocycles. The van der Waals surface area contributed by atoms with Gasteiger partial charge in [0.05, 0.1) is 5.69 Å². The van der Waals surface area contributed by atoms with Gasteiger partial charge in [-0.05, 0) is 25.1 Å². The Kier molecular flexibility index (Phi) is 4.76. The molecule has 0 spiro atoms. The van der Waals surface area contributed by atoms with E-state index in [4.69, 9.17) is 0 Å². The zero-order chi connectivity index (χ0) is 19.7. The number of hydrogen-bond donors (Lipinski definition) is 1. The van der Waals surface area contributed by atoms with E-state index in [1.54, 1.807) is 6.08 Å². The minimum Gasteiger partial charge on any atom is -0.341 e. The van der Waals surface area contributed by atoms with Gasteiger partial charge in [0, 0.05) is 39.7 Å². The number of fused-ring (bicyclic) bond motifs is 3. The molecule has 0 atom stereocenters. The van der Waals surface area contributed by atoms with E-state index in [9.17, 15) is 10.1 Å². The molecule has 138 valence electrons. The molecule has 2 aromatic carbocycles. The number of nitrogens with zero attached hydrogens (tertiary/aromatic N) is 3. The molecule has 0 saturated carbocycles. The summed E-state index contributed by atoms with van der Waals surface area (Å²) < 4.78 is 2.26. The molecule has 4 rings (SSSR count). The molecule has 2 heterocycles. The van der Waals surface area contributed by atoms with E-state index in [0.717, 1.165) is 28.4 Å². The Morgan fingerprint density at radius 2 is 2.04 bits per heavy atom. The van der Waals surface area contributed by atoms with E-state index < -0.39 is 5.56 Å². The number of aromatic nitrogens is 3. The van der Waals surface area contributed by atoms with Crippen molar-refractivity contribution >= 4 is 33.6 Å². The Morgan fingerprint density at radius 1 is 1.25 bits per heavy atom. The largest absolute Gasteiger partial charge is 0.341 e. The summed E-state index contributed by atoms with van der Waals surface area (Å²) in [6.07, 6.45) is 1.74. The van der Waals surface area contributed by atoms with Crippen LogP contribution < -0.4 is 5.56 Å². The lowest BCUT2D eigenvalue weighted by atomic mass is 10.0. The monoisotopic (exact) mass is 386 g/mol. The number of nitriles is 1. The molecule has 0 aliphatic rings. The smallest absolute Gasteiger partial charge is 0.270 e. The van der Waals surface area contributed by atoms with Crippen LogP contribution in [0.25, 0.3) is 33.1 Å². The van der Waals surface area contributed by atoms with Gasteiger partial charge in [-0.2, -0.15) is 5.26 Å². The molecule has 0 radical (unpaired) electrons. The molecule has 1 N–H and O–H groups in total. The van der Waals surface area contributed by atoms with E-state index >= 15 is 0 Å². The first-order valence-corrected chi connectivity index (χ1v) is 9.96. The van der Waals surface area contributed by atoms with Crippen molar-refractivity contribution in [3.8, 4) is 17.3 Å². The summed E-state index contributed by atoms with van der Waals surface area (Å²) >= 11 is 1.38. The fraction of sp³-hybridized carbons (Fsp3) is 0.136. The van der Waals surface area contributed by atoms with Crippen LogP contribution in [0.3, 0.4) is 0 Å². The molecule has 0 fully saturated rings. The summed E-state index contributed by atoms with van der Waals surface area (Å²) in [5.41, 5.74) is 3.06. The van der Waals surface area contributed by atoms with Gasteiger partial charge in [0.2, 0.25) is 0 Å². The van der Waals surface area contributed by atoms with Crippen molar-refractivity contribution in [3.05, 3.63) is 71.0 Å². The van der Waals surface area contributed by atoms with Crippen molar-refractivity contribution in [1.29, 1.82) is 5.26 Å². The van der Waals surface area contributed by atoms with Crippen molar-refractivity contribution < 1.29 is 0 Å². The second-order valence-electron chi connectivity index (χ2n) is 6.30. The lowest BCUT2D eigenvalue weighted by Crippen LogP contribution is -2.14. The Bertz CT molecular complexity index is 1310. The highest BCUT2D eigenvalue weighted by Gasteiger charge is 2.16. The third-order valence-corrected chi connectivity index (χ3v) is 5.58. The lowest BCUT2D eigenvalue weighted by molar-refractivity contribution is 0.827. The van der Waals surface area contributed by atoms with Crippen LogP contribution in [-0.4, -0.2) is 20.3 Å². The van der Waals surface area contributed by atoms with Crippen molar-refractivity contribution in [2.45, 2.75) is 18.6 Å². The van der Waals surface area contributed by atoms with Crippen LogP contribution in [0, 0.1) is 11.3 Å². The normalized spacial score (nSPS) is 11.0. The number of aryl methyl sites for hydroxylation is 1. The minimum atomic E-state index is -0.421. The number of thioether (sulfide) groups is 1. The highest BCUT2D eigenvalue weighted by Crippen LogP contribution is 2.33. The molecule has 0 unspecified atom stereocenters. The zero-order valence-corrected chi connectivity index (χ0v) is 16.2. The zero-order valence-electron chi connectivity index (χ0n) is 15.4. The molecular weight excluding hydrogens is 368 g/mol. The van der Waals surface area contributed by atoms with Crippen LogP contribution in [0.15, 0.2) is 65.1 Å². The highest BCUT2D eigenvalue weighted by molar-refractivity contribution is 7.99. The maximum absolute atomic E-state index is 12.4. The Morgan fingerprint density at radius 3 is 2.79 bits per heavy atom. The number of rotatable bonds is 5. The average molecular weight is 386 g/mol. The number of H-pyrrole nitrogens is 1. The van der Waals surface area contributed by atoms with Gasteiger partial charge in [-0.3, -0.25) is 4.79 Å². The molecule has 0 aliphatic heterocycles. The summed E-state index contributed by atoms with van der Waals surface area (Å²) in [7, 11) is 0. The molecule has 6 heteroatoms. The third kappa shape index (κ3) is 2.90. The second kappa shape index (κ2) is 7.37. The molecule has 0 saturated heterocycles. The van der Waals surface area contributed by atoms with E-state index in [1.807, 2.05) is 36.4 Å². The maximum Gasteiger partial charge on any atom is 0.270 e. The first kappa shape index (κ1) is 18.1. The summed E-state index contributed by atoms with van der Waals surface area (Å²) in [6.45, 7) is 6.67. The SMILES string of the molecule is C=CCSc1nc(-c2ccc3c(c2)c2ccccc2n3CC)c(C#N)c(=O)[nH]1. The Labute approximate surface area is 166 Å². The lowest BCUT2D eigenvalue weighted by Gasteiger charge is -2.07. The fourth-order valence-electron chi connectivity index (χ4n) is 3.51. The molecular formula is C22H18N4OS. The van der Waals surface area contributed by atoms with Gasteiger partial charge in [-0.25, -0.2) is 4.98 Å². The summed E-state index contributed by atoms with van der Waals surface area (Å²) in [4.78, 5) is 19.6. The van der Waals surface area contributed by atoms with Crippen LogP contribution in [0.5, 0.6) is 0 Å². The molecule has 28 heavy (non-hydrogen) atoms. The van der Waals surface area contributed by atoms with Gasteiger partial charge >= 0.3 is 0 Å². The quantitative estimate of drug-likeness (QED) is 0.306. The van der Waals surface area contributed by atoms with E-state index in [1.165, 1.54) is 17.3 Å². The Hall–Kier alpha value is -3.30. The summed E-state index contributed by atoms with van der Waals surface area (Å²) in [5, 5.41) is 12.2. The number of aromatic amines is 1. The predicted octanol–water partition coefficient (Wildman–Crippen LogP) is 4.71. The highest BCUT2D eigenvalue weighted by atomic mass is 32.2. The van der Waals surface area contributed by atoms with Gasteiger partial charge in [0.1, 0.15) is 11.6 Å².